The van der Waals surface area contributed by atoms with Crippen LogP contribution in [0.1, 0.15) is 71.1 Å². The van der Waals surface area contributed by atoms with E-state index >= 15 is 0 Å². The highest BCUT2D eigenvalue weighted by Crippen LogP contribution is 2.47. The lowest BCUT2D eigenvalue weighted by molar-refractivity contribution is 0.126. The van der Waals surface area contributed by atoms with Crippen molar-refractivity contribution in [2.45, 2.75) is 83.3 Å². The minimum atomic E-state index is -0.370. The third-order valence-electron chi connectivity index (χ3n) is 7.11. The molecule has 1 saturated carbocycles. The van der Waals surface area contributed by atoms with Gasteiger partial charge in [-0.05, 0) is 69.0 Å². The maximum atomic E-state index is 10.5. The van der Waals surface area contributed by atoms with Crippen molar-refractivity contribution in [2.75, 3.05) is 32.8 Å². The Hall–Kier alpha value is -0.680. The molecule has 2 N–H and O–H groups in total. The number of aliphatic hydroxyl groups excluding tert-OH is 2. The average Bonchev–Trinajstić information content (AvgIpc) is 3.23. The number of rotatable bonds is 12. The van der Waals surface area contributed by atoms with Crippen molar-refractivity contribution in [2.24, 2.45) is 17.8 Å². The SMILES string of the molecule is CCCCC[C@H](O)/C=C/[C@@H]1[C@H]2CC(COCCCN3CCCCC3)=C[C@H]2C[C@H]1O. The fraction of sp³-hybridized carbons (Fsp3) is 0.840. The zero-order chi connectivity index (χ0) is 20.5. The number of allylic oxidation sites excluding steroid dienone is 1. The van der Waals surface area contributed by atoms with Crippen LogP contribution in [0.3, 0.4) is 0 Å². The normalized spacial score (nSPS) is 31.3. The first-order chi connectivity index (χ1) is 14.2. The Kier molecular flexibility index (Phi) is 9.71. The molecule has 2 fully saturated rings. The van der Waals surface area contributed by atoms with Crippen LogP contribution in [-0.4, -0.2) is 60.2 Å². The summed E-state index contributed by atoms with van der Waals surface area (Å²) in [4.78, 5) is 2.57. The molecule has 3 aliphatic rings. The van der Waals surface area contributed by atoms with E-state index in [1.54, 1.807) is 0 Å². The molecule has 3 rings (SSSR count). The second-order valence-electron chi connectivity index (χ2n) is 9.49. The molecule has 0 aromatic heterocycles. The quantitative estimate of drug-likeness (QED) is 0.375. The highest BCUT2D eigenvalue weighted by molar-refractivity contribution is 5.21. The van der Waals surface area contributed by atoms with Crippen molar-refractivity contribution in [3.8, 4) is 0 Å². The Morgan fingerprint density at radius 2 is 2.03 bits per heavy atom. The Morgan fingerprint density at radius 3 is 2.83 bits per heavy atom. The van der Waals surface area contributed by atoms with Crippen molar-refractivity contribution in [1.29, 1.82) is 0 Å². The molecule has 0 aromatic rings. The third-order valence-corrected chi connectivity index (χ3v) is 7.11. The molecule has 29 heavy (non-hydrogen) atoms. The number of piperidine rings is 1. The summed E-state index contributed by atoms with van der Waals surface area (Å²) < 4.78 is 5.97. The number of hydrogen-bond acceptors (Lipinski definition) is 4. The first-order valence-corrected chi connectivity index (χ1v) is 12.2. The van der Waals surface area contributed by atoms with Gasteiger partial charge < -0.3 is 19.8 Å². The summed E-state index contributed by atoms with van der Waals surface area (Å²) >= 11 is 0. The van der Waals surface area contributed by atoms with Crippen molar-refractivity contribution in [1.82, 2.24) is 4.90 Å². The summed E-state index contributed by atoms with van der Waals surface area (Å²) in [6.07, 6.45) is 17.1. The topological polar surface area (TPSA) is 52.9 Å². The van der Waals surface area contributed by atoms with Crippen molar-refractivity contribution >= 4 is 0 Å². The van der Waals surface area contributed by atoms with E-state index < -0.39 is 0 Å². The zero-order valence-electron chi connectivity index (χ0n) is 18.5. The molecule has 1 aliphatic heterocycles. The predicted molar refractivity (Wildman–Crippen MR) is 119 cm³/mol. The number of hydrogen-bond donors (Lipinski definition) is 2. The molecule has 0 amide bonds. The maximum absolute atomic E-state index is 10.5. The number of aliphatic hydroxyl groups is 2. The first-order valence-electron chi connectivity index (χ1n) is 12.2. The monoisotopic (exact) mass is 405 g/mol. The van der Waals surface area contributed by atoms with Crippen LogP contribution >= 0.6 is 0 Å². The van der Waals surface area contributed by atoms with Crippen molar-refractivity contribution in [3.63, 3.8) is 0 Å². The van der Waals surface area contributed by atoms with Crippen LogP contribution in [0, 0.1) is 17.8 Å². The van der Waals surface area contributed by atoms with E-state index in [0.29, 0.717) is 11.8 Å². The van der Waals surface area contributed by atoms with E-state index in [1.807, 2.05) is 6.08 Å². The minimum Gasteiger partial charge on any atom is -0.392 e. The first kappa shape index (κ1) is 23.0. The summed E-state index contributed by atoms with van der Waals surface area (Å²) in [6, 6.07) is 0. The fourth-order valence-corrected chi connectivity index (χ4v) is 5.44. The van der Waals surface area contributed by atoms with Crippen molar-refractivity contribution in [3.05, 3.63) is 23.8 Å². The van der Waals surface area contributed by atoms with Gasteiger partial charge in [0.2, 0.25) is 0 Å². The van der Waals surface area contributed by atoms with Crippen LogP contribution in [0.5, 0.6) is 0 Å². The van der Waals surface area contributed by atoms with Gasteiger partial charge in [-0.15, -0.1) is 0 Å². The van der Waals surface area contributed by atoms with Crippen molar-refractivity contribution < 1.29 is 14.9 Å². The maximum Gasteiger partial charge on any atom is 0.0721 e. The Balaban J connectivity index is 1.34. The molecule has 5 atom stereocenters. The molecule has 166 valence electrons. The van der Waals surface area contributed by atoms with Gasteiger partial charge in [-0.2, -0.15) is 0 Å². The van der Waals surface area contributed by atoms with Gasteiger partial charge in [-0.1, -0.05) is 50.8 Å². The van der Waals surface area contributed by atoms with Gasteiger partial charge in [0.25, 0.3) is 0 Å². The molecule has 1 saturated heterocycles. The summed E-state index contributed by atoms with van der Waals surface area (Å²) in [5.41, 5.74) is 1.41. The Labute approximate surface area is 178 Å². The van der Waals surface area contributed by atoms with E-state index in [-0.39, 0.29) is 18.1 Å². The van der Waals surface area contributed by atoms with E-state index in [0.717, 1.165) is 45.3 Å². The number of ether oxygens (including phenoxy) is 1. The number of unbranched alkanes of at least 4 members (excludes halogenated alkanes) is 2. The van der Waals surface area contributed by atoms with Crippen LogP contribution in [0.25, 0.3) is 0 Å². The Morgan fingerprint density at radius 1 is 1.21 bits per heavy atom. The van der Waals surface area contributed by atoms with Crippen LogP contribution in [0.4, 0.5) is 0 Å². The summed E-state index contributed by atoms with van der Waals surface area (Å²) in [6.45, 7) is 7.47. The average molecular weight is 406 g/mol. The highest BCUT2D eigenvalue weighted by Gasteiger charge is 2.43. The second-order valence-corrected chi connectivity index (χ2v) is 9.49. The minimum absolute atomic E-state index is 0.175. The zero-order valence-corrected chi connectivity index (χ0v) is 18.5. The summed E-state index contributed by atoms with van der Waals surface area (Å²) in [5.74, 6) is 1.13. The molecule has 0 aromatic carbocycles. The molecule has 4 nitrogen and oxygen atoms in total. The lowest BCUT2D eigenvalue weighted by atomic mass is 9.89. The van der Waals surface area contributed by atoms with Crippen LogP contribution in [0.15, 0.2) is 23.8 Å². The lowest BCUT2D eigenvalue weighted by Gasteiger charge is -2.26. The largest absolute Gasteiger partial charge is 0.392 e. The van der Waals surface area contributed by atoms with Gasteiger partial charge in [0.05, 0.1) is 18.8 Å². The van der Waals surface area contributed by atoms with Gasteiger partial charge in [0, 0.05) is 19.1 Å². The van der Waals surface area contributed by atoms with Gasteiger partial charge in [-0.25, -0.2) is 0 Å². The Bertz CT molecular complexity index is 526. The highest BCUT2D eigenvalue weighted by atomic mass is 16.5. The molecule has 0 bridgehead atoms. The molecule has 2 aliphatic carbocycles. The third kappa shape index (κ3) is 7.20. The fourth-order valence-electron chi connectivity index (χ4n) is 5.44. The van der Waals surface area contributed by atoms with E-state index in [4.69, 9.17) is 4.74 Å². The van der Waals surface area contributed by atoms with E-state index in [1.165, 1.54) is 57.3 Å². The summed E-state index contributed by atoms with van der Waals surface area (Å²) in [7, 11) is 0. The smallest absolute Gasteiger partial charge is 0.0721 e. The number of fused-ring (bicyclic) bond motifs is 1. The second kappa shape index (κ2) is 12.2. The van der Waals surface area contributed by atoms with E-state index in [2.05, 4.69) is 24.0 Å². The number of nitrogens with zero attached hydrogens (tertiary/aromatic N) is 1. The van der Waals surface area contributed by atoms with Gasteiger partial charge in [0.1, 0.15) is 0 Å². The lowest BCUT2D eigenvalue weighted by Crippen LogP contribution is -2.31. The van der Waals surface area contributed by atoms with E-state index in [9.17, 15) is 10.2 Å². The molecule has 0 unspecified atom stereocenters. The van der Waals surface area contributed by atoms with Gasteiger partial charge >= 0.3 is 0 Å². The van der Waals surface area contributed by atoms with Gasteiger partial charge in [0.15, 0.2) is 0 Å². The molecule has 4 heteroatoms. The number of likely N-dealkylation sites (tertiary alicyclic amines) is 1. The molecule has 0 spiro atoms. The molecule has 0 radical (unpaired) electrons. The predicted octanol–water partition coefficient (Wildman–Crippen LogP) is 4.32. The molecular formula is C25H43NO3. The molecular weight excluding hydrogens is 362 g/mol. The van der Waals surface area contributed by atoms with Crippen LogP contribution in [0.2, 0.25) is 0 Å². The van der Waals surface area contributed by atoms with Crippen LogP contribution < -0.4 is 0 Å². The summed E-state index contributed by atoms with van der Waals surface area (Å²) in [5, 5.41) is 20.7. The molecule has 1 heterocycles. The standard InChI is InChI=1S/C25H43NO3/c1-2-3-5-9-22(27)10-11-23-24-17-20(16-21(24)18-25(23)28)19-29-15-8-14-26-12-6-4-7-13-26/h10-11,16,21-25,27-28H,2-9,12-15,17-19H2,1H3/b11-10+/t21-,22-,23+,24-,25+/m0/s1. The van der Waals surface area contributed by atoms with Crippen LogP contribution in [-0.2, 0) is 4.74 Å². The van der Waals surface area contributed by atoms with Gasteiger partial charge in [-0.3, -0.25) is 0 Å².